The molecule has 2 aliphatic heterocycles. The number of carbonyl (C=O) groups is 5. The number of rotatable bonds is 10. The third-order valence-corrected chi connectivity index (χ3v) is 7.24. The molecule has 2 aromatic carbocycles. The Kier molecular flexibility index (Phi) is 9.95. The minimum Gasteiger partial charge on any atom is -0.433 e. The summed E-state index contributed by atoms with van der Waals surface area (Å²) in [5, 5.41) is 8.32. The molecule has 2 aromatic rings. The van der Waals surface area contributed by atoms with E-state index in [9.17, 15) is 24.0 Å². The topological polar surface area (TPSA) is 143 Å². The van der Waals surface area contributed by atoms with Gasteiger partial charge in [-0.25, -0.2) is 0 Å². The highest BCUT2D eigenvalue weighted by Gasteiger charge is 2.41. The monoisotopic (exact) mass is 584 g/mol. The average Bonchev–Trinajstić information content (AvgIpc) is 3.59. The Hall–Kier alpha value is -3.96. The van der Waals surface area contributed by atoms with E-state index in [-0.39, 0.29) is 35.9 Å². The molecule has 0 bridgehead atoms. The quantitative estimate of drug-likeness (QED) is 0.364. The summed E-state index contributed by atoms with van der Waals surface area (Å²) in [4.78, 5) is 64.4. The lowest BCUT2D eigenvalue weighted by Gasteiger charge is -2.28. The van der Waals surface area contributed by atoms with E-state index in [1.54, 1.807) is 13.8 Å². The summed E-state index contributed by atoms with van der Waals surface area (Å²) in [5.74, 6) is -2.05. The number of carbonyl (C=O) groups excluding carboxylic acids is 5. The van der Waals surface area contributed by atoms with Gasteiger partial charge in [0.05, 0.1) is 23.7 Å². The fraction of sp³-hybridized carbons (Fsp3) is 0.414. The number of benzene rings is 2. The summed E-state index contributed by atoms with van der Waals surface area (Å²) in [6.45, 7) is 3.81. The standard InChI is InChI=1S/C29H33ClN4O7/c1-3-24(35)32-21-12-11-19(14-20(21)30)26(37)31-17(2)28(39)34-13-7-10-23(34)27(38)33-22-15-25(36)41-29(22)40-16-18-8-5-4-6-9-18/h4-6,8-9,11-12,14,17,22-23,29H,3,7,10,13,15-16H2,1-2H3,(H,31,37)(H,32,35)(H,33,38)/t17-,22?,23-,29?/m0/s1. The molecule has 41 heavy (non-hydrogen) atoms. The highest BCUT2D eigenvalue weighted by molar-refractivity contribution is 6.34. The van der Waals surface area contributed by atoms with Crippen molar-refractivity contribution < 1.29 is 33.4 Å². The Labute approximate surface area is 242 Å². The maximum Gasteiger partial charge on any atom is 0.310 e. The molecular formula is C29H33ClN4O7. The summed E-state index contributed by atoms with van der Waals surface area (Å²) in [6, 6.07) is 11.4. The summed E-state index contributed by atoms with van der Waals surface area (Å²) in [7, 11) is 0. The molecule has 0 aromatic heterocycles. The largest absolute Gasteiger partial charge is 0.433 e. The number of amides is 4. The maximum absolute atomic E-state index is 13.3. The van der Waals surface area contributed by atoms with Gasteiger partial charge in [-0.15, -0.1) is 0 Å². The molecule has 2 heterocycles. The van der Waals surface area contributed by atoms with Gasteiger partial charge in [0, 0.05) is 18.5 Å². The smallest absolute Gasteiger partial charge is 0.310 e. The van der Waals surface area contributed by atoms with Gasteiger partial charge in [0.15, 0.2) is 0 Å². The second-order valence-corrected chi connectivity index (χ2v) is 10.4. The highest BCUT2D eigenvalue weighted by atomic mass is 35.5. The molecule has 0 saturated carbocycles. The van der Waals surface area contributed by atoms with Gasteiger partial charge in [-0.1, -0.05) is 48.9 Å². The first-order valence-electron chi connectivity index (χ1n) is 13.5. The zero-order valence-corrected chi connectivity index (χ0v) is 23.6. The lowest BCUT2D eigenvalue weighted by Crippen LogP contribution is -2.54. The van der Waals surface area contributed by atoms with Crippen LogP contribution in [-0.2, 0) is 35.3 Å². The van der Waals surface area contributed by atoms with E-state index in [0.29, 0.717) is 25.1 Å². The third kappa shape index (κ3) is 7.62. The van der Waals surface area contributed by atoms with Gasteiger partial charge in [-0.3, -0.25) is 24.0 Å². The van der Waals surface area contributed by atoms with E-state index in [1.165, 1.54) is 23.1 Å². The number of nitrogens with zero attached hydrogens (tertiary/aromatic N) is 1. The predicted molar refractivity (Wildman–Crippen MR) is 150 cm³/mol. The molecule has 12 heteroatoms. The van der Waals surface area contributed by atoms with Crippen LogP contribution in [0.5, 0.6) is 0 Å². The predicted octanol–water partition coefficient (Wildman–Crippen LogP) is 2.77. The van der Waals surface area contributed by atoms with Crippen LogP contribution in [0.2, 0.25) is 5.02 Å². The molecule has 2 saturated heterocycles. The molecule has 4 rings (SSSR count). The van der Waals surface area contributed by atoms with Crippen LogP contribution >= 0.6 is 11.6 Å². The average molecular weight is 585 g/mol. The maximum atomic E-state index is 13.3. The first-order valence-corrected chi connectivity index (χ1v) is 13.9. The van der Waals surface area contributed by atoms with Crippen molar-refractivity contribution in [3.05, 3.63) is 64.7 Å². The molecule has 4 atom stereocenters. The molecule has 2 unspecified atom stereocenters. The van der Waals surface area contributed by atoms with Crippen molar-refractivity contribution in [2.24, 2.45) is 0 Å². The van der Waals surface area contributed by atoms with Crippen molar-refractivity contribution in [3.63, 3.8) is 0 Å². The van der Waals surface area contributed by atoms with Gasteiger partial charge in [0.2, 0.25) is 24.0 Å². The Bertz CT molecular complexity index is 1310. The highest BCUT2D eigenvalue weighted by Crippen LogP contribution is 2.24. The number of hydrogen-bond acceptors (Lipinski definition) is 7. The summed E-state index contributed by atoms with van der Waals surface area (Å²) in [5.41, 5.74) is 1.49. The molecule has 2 fully saturated rings. The van der Waals surface area contributed by atoms with E-state index in [0.717, 1.165) is 5.56 Å². The van der Waals surface area contributed by atoms with E-state index >= 15 is 0 Å². The number of anilines is 1. The number of likely N-dealkylation sites (tertiary alicyclic amines) is 1. The van der Waals surface area contributed by atoms with Crippen LogP contribution < -0.4 is 16.0 Å². The van der Waals surface area contributed by atoms with E-state index in [4.69, 9.17) is 21.1 Å². The third-order valence-electron chi connectivity index (χ3n) is 6.93. The molecule has 0 radical (unpaired) electrons. The lowest BCUT2D eigenvalue weighted by molar-refractivity contribution is -0.168. The summed E-state index contributed by atoms with van der Waals surface area (Å²) in [6.07, 6.45) is 0.350. The van der Waals surface area contributed by atoms with Crippen molar-refractivity contribution in [1.29, 1.82) is 0 Å². The number of halogens is 1. The lowest BCUT2D eigenvalue weighted by atomic mass is 10.1. The van der Waals surface area contributed by atoms with Crippen molar-refractivity contribution in [2.45, 2.75) is 70.6 Å². The Morgan fingerprint density at radius 3 is 2.61 bits per heavy atom. The van der Waals surface area contributed by atoms with Crippen LogP contribution in [0.3, 0.4) is 0 Å². The number of cyclic esters (lactones) is 1. The van der Waals surface area contributed by atoms with Gasteiger partial charge < -0.3 is 30.3 Å². The van der Waals surface area contributed by atoms with E-state index in [2.05, 4.69) is 16.0 Å². The summed E-state index contributed by atoms with van der Waals surface area (Å²) >= 11 is 6.22. The van der Waals surface area contributed by atoms with Crippen LogP contribution in [0.1, 0.15) is 55.5 Å². The second-order valence-electron chi connectivity index (χ2n) is 9.96. The fourth-order valence-electron chi connectivity index (χ4n) is 4.73. The van der Waals surface area contributed by atoms with E-state index in [1.807, 2.05) is 30.3 Å². The zero-order valence-electron chi connectivity index (χ0n) is 22.9. The fourth-order valence-corrected chi connectivity index (χ4v) is 4.95. The van der Waals surface area contributed by atoms with Gasteiger partial charge in [-0.2, -0.15) is 0 Å². The molecular weight excluding hydrogens is 552 g/mol. The van der Waals surface area contributed by atoms with Crippen molar-refractivity contribution in [3.8, 4) is 0 Å². The molecule has 4 amide bonds. The van der Waals surface area contributed by atoms with E-state index < -0.39 is 48.1 Å². The van der Waals surface area contributed by atoms with Gasteiger partial charge in [0.1, 0.15) is 18.1 Å². The summed E-state index contributed by atoms with van der Waals surface area (Å²) < 4.78 is 11.0. The number of hydrogen-bond donors (Lipinski definition) is 3. The van der Waals surface area contributed by atoms with Crippen molar-refractivity contribution in [1.82, 2.24) is 15.5 Å². The van der Waals surface area contributed by atoms with Crippen LogP contribution in [-0.4, -0.2) is 65.5 Å². The van der Waals surface area contributed by atoms with Crippen LogP contribution in [0.4, 0.5) is 5.69 Å². The van der Waals surface area contributed by atoms with Gasteiger partial charge in [-0.05, 0) is 43.5 Å². The number of ether oxygens (including phenoxy) is 2. The molecule has 0 aliphatic carbocycles. The molecule has 2 aliphatic rings. The number of esters is 1. The SMILES string of the molecule is CCC(=O)Nc1ccc(C(=O)N[C@@H](C)C(=O)N2CCC[C@H]2C(=O)NC2CC(=O)OC2OCc2ccccc2)cc1Cl. The van der Waals surface area contributed by atoms with Crippen molar-refractivity contribution in [2.75, 3.05) is 11.9 Å². The van der Waals surface area contributed by atoms with Crippen LogP contribution in [0.25, 0.3) is 0 Å². The first kappa shape index (κ1) is 30.0. The molecule has 218 valence electrons. The van der Waals surface area contributed by atoms with Crippen LogP contribution in [0.15, 0.2) is 48.5 Å². The van der Waals surface area contributed by atoms with Crippen LogP contribution in [0, 0.1) is 0 Å². The zero-order chi connectivity index (χ0) is 29.5. The molecule has 0 spiro atoms. The minimum atomic E-state index is -0.941. The van der Waals surface area contributed by atoms with Gasteiger partial charge in [0.25, 0.3) is 5.91 Å². The Morgan fingerprint density at radius 1 is 1.15 bits per heavy atom. The minimum absolute atomic E-state index is 0.0399. The normalized spacial score (nSPS) is 20.7. The van der Waals surface area contributed by atoms with Gasteiger partial charge >= 0.3 is 5.97 Å². The Morgan fingerprint density at radius 2 is 1.90 bits per heavy atom. The first-order chi connectivity index (χ1) is 19.7. The molecule has 11 nitrogen and oxygen atoms in total. The van der Waals surface area contributed by atoms with Crippen molar-refractivity contribution >= 4 is 46.9 Å². The second kappa shape index (κ2) is 13.6. The Balaban J connectivity index is 1.33. The number of nitrogens with one attached hydrogen (secondary N) is 3. The molecule has 3 N–H and O–H groups in total.